The summed E-state index contributed by atoms with van der Waals surface area (Å²) in [6.07, 6.45) is 5.98. The lowest BCUT2D eigenvalue weighted by atomic mass is 10.1. The van der Waals surface area contributed by atoms with Gasteiger partial charge in [0.05, 0.1) is 17.4 Å². The molecule has 5 nitrogen and oxygen atoms in total. The van der Waals surface area contributed by atoms with Crippen LogP contribution in [0, 0.1) is 6.92 Å². The molecule has 23 heavy (non-hydrogen) atoms. The van der Waals surface area contributed by atoms with Gasteiger partial charge >= 0.3 is 0 Å². The van der Waals surface area contributed by atoms with Crippen molar-refractivity contribution in [1.29, 1.82) is 0 Å². The van der Waals surface area contributed by atoms with E-state index in [1.807, 2.05) is 30.9 Å². The van der Waals surface area contributed by atoms with Gasteiger partial charge in [0.2, 0.25) is 5.95 Å². The zero-order valence-electron chi connectivity index (χ0n) is 13.3. The molecule has 0 bridgehead atoms. The van der Waals surface area contributed by atoms with Gasteiger partial charge in [0, 0.05) is 25.0 Å². The molecule has 0 saturated heterocycles. The van der Waals surface area contributed by atoms with Crippen LogP contribution in [0.5, 0.6) is 0 Å². The lowest BCUT2D eigenvalue weighted by Crippen LogP contribution is -2.10. The minimum atomic E-state index is 0.288. The van der Waals surface area contributed by atoms with Crippen LogP contribution in [-0.2, 0) is 13.5 Å². The van der Waals surface area contributed by atoms with Crippen LogP contribution in [0.3, 0.4) is 0 Å². The highest BCUT2D eigenvalue weighted by molar-refractivity contribution is 5.61. The quantitative estimate of drug-likeness (QED) is 0.807. The van der Waals surface area contributed by atoms with E-state index in [1.165, 1.54) is 11.1 Å². The molecule has 0 spiro atoms. The zero-order chi connectivity index (χ0) is 15.8. The average Bonchev–Trinajstić information content (AvgIpc) is 3.11. The summed E-state index contributed by atoms with van der Waals surface area (Å²) in [5.74, 6) is 0.674. The molecule has 1 N–H and O–H groups in total. The fourth-order valence-electron chi connectivity index (χ4n) is 3.29. The predicted octanol–water partition coefficient (Wildman–Crippen LogP) is 3.28. The summed E-state index contributed by atoms with van der Waals surface area (Å²) in [6.45, 7) is 2.00. The van der Waals surface area contributed by atoms with E-state index in [9.17, 15) is 0 Å². The summed E-state index contributed by atoms with van der Waals surface area (Å²) in [7, 11) is 1.92. The van der Waals surface area contributed by atoms with Crippen molar-refractivity contribution in [2.75, 3.05) is 5.32 Å². The molecule has 1 aromatic carbocycles. The average molecular weight is 305 g/mol. The molecule has 1 unspecified atom stereocenters. The maximum absolute atomic E-state index is 4.68. The van der Waals surface area contributed by atoms with Crippen LogP contribution in [-0.4, -0.2) is 19.7 Å². The molecule has 2 aromatic heterocycles. The van der Waals surface area contributed by atoms with E-state index in [0.29, 0.717) is 5.95 Å². The summed E-state index contributed by atoms with van der Waals surface area (Å²) >= 11 is 0. The lowest BCUT2D eigenvalue weighted by molar-refractivity contribution is 0.751. The first kappa shape index (κ1) is 13.9. The number of aromatic nitrogens is 4. The molecule has 0 aliphatic heterocycles. The Morgan fingerprint density at radius 2 is 2.09 bits per heavy atom. The first-order valence-corrected chi connectivity index (χ1v) is 7.89. The number of anilines is 1. The van der Waals surface area contributed by atoms with Crippen molar-refractivity contribution in [3.8, 4) is 11.3 Å². The van der Waals surface area contributed by atoms with Gasteiger partial charge in [-0.15, -0.1) is 0 Å². The smallest absolute Gasteiger partial charge is 0.223 e. The second kappa shape index (κ2) is 5.50. The summed E-state index contributed by atoms with van der Waals surface area (Å²) in [5, 5.41) is 7.87. The van der Waals surface area contributed by atoms with Gasteiger partial charge in [-0.1, -0.05) is 24.3 Å². The van der Waals surface area contributed by atoms with Crippen LogP contribution in [0.15, 0.2) is 42.7 Å². The highest BCUT2D eigenvalue weighted by Crippen LogP contribution is 2.33. The predicted molar refractivity (Wildman–Crippen MR) is 90.1 cm³/mol. The number of fused-ring (bicyclic) bond motifs is 1. The van der Waals surface area contributed by atoms with Crippen molar-refractivity contribution in [1.82, 2.24) is 19.7 Å². The van der Waals surface area contributed by atoms with Crippen molar-refractivity contribution in [2.24, 2.45) is 7.05 Å². The van der Waals surface area contributed by atoms with Crippen LogP contribution >= 0.6 is 0 Å². The van der Waals surface area contributed by atoms with E-state index in [0.717, 1.165) is 29.8 Å². The van der Waals surface area contributed by atoms with E-state index < -0.39 is 0 Å². The lowest BCUT2D eigenvalue weighted by Gasteiger charge is -2.14. The van der Waals surface area contributed by atoms with Crippen molar-refractivity contribution in [3.05, 3.63) is 59.5 Å². The van der Waals surface area contributed by atoms with E-state index in [4.69, 9.17) is 0 Å². The Bertz CT molecular complexity index is 852. The molecule has 116 valence electrons. The minimum absolute atomic E-state index is 0.288. The van der Waals surface area contributed by atoms with E-state index in [2.05, 4.69) is 44.6 Å². The Hall–Kier alpha value is -2.69. The second-order valence-electron chi connectivity index (χ2n) is 6.00. The summed E-state index contributed by atoms with van der Waals surface area (Å²) in [4.78, 5) is 9.07. The topological polar surface area (TPSA) is 55.6 Å². The van der Waals surface area contributed by atoms with Crippen LogP contribution in [0.1, 0.15) is 29.3 Å². The van der Waals surface area contributed by atoms with Crippen LogP contribution < -0.4 is 5.32 Å². The number of hydrogen-bond donors (Lipinski definition) is 1. The molecule has 0 saturated carbocycles. The van der Waals surface area contributed by atoms with Crippen LogP contribution in [0.4, 0.5) is 5.95 Å². The van der Waals surface area contributed by atoms with Gasteiger partial charge in [-0.25, -0.2) is 9.97 Å². The van der Waals surface area contributed by atoms with Crippen molar-refractivity contribution in [2.45, 2.75) is 25.8 Å². The van der Waals surface area contributed by atoms with Gasteiger partial charge < -0.3 is 5.32 Å². The van der Waals surface area contributed by atoms with E-state index in [1.54, 1.807) is 6.20 Å². The molecule has 0 radical (unpaired) electrons. The number of hydrogen-bond acceptors (Lipinski definition) is 4. The second-order valence-corrected chi connectivity index (χ2v) is 6.00. The first-order valence-electron chi connectivity index (χ1n) is 7.89. The third kappa shape index (κ3) is 2.59. The first-order chi connectivity index (χ1) is 11.2. The Morgan fingerprint density at radius 1 is 1.22 bits per heavy atom. The molecule has 5 heteroatoms. The Morgan fingerprint density at radius 3 is 2.91 bits per heavy atom. The van der Waals surface area contributed by atoms with Crippen molar-refractivity contribution in [3.63, 3.8) is 0 Å². The third-order valence-electron chi connectivity index (χ3n) is 4.38. The molecular weight excluding hydrogens is 286 g/mol. The van der Waals surface area contributed by atoms with Crippen LogP contribution in [0.25, 0.3) is 11.3 Å². The molecule has 1 aliphatic rings. The molecular formula is C18H19N5. The number of nitrogens with one attached hydrogen (secondary N) is 1. The Kier molecular flexibility index (Phi) is 3.33. The number of benzene rings is 1. The maximum atomic E-state index is 4.68. The van der Waals surface area contributed by atoms with E-state index >= 15 is 0 Å². The Labute approximate surface area is 135 Å². The molecule has 0 amide bonds. The van der Waals surface area contributed by atoms with Gasteiger partial charge in [-0.3, -0.25) is 4.68 Å². The van der Waals surface area contributed by atoms with Gasteiger partial charge in [0.15, 0.2) is 0 Å². The van der Waals surface area contributed by atoms with Crippen LogP contribution in [0.2, 0.25) is 0 Å². The summed E-state index contributed by atoms with van der Waals surface area (Å²) in [6, 6.07) is 10.8. The standard InChI is InChI=1S/C18H19N5/c1-12-15(11-23(2)22-12)17-9-10-19-18(21-17)20-16-8-7-13-5-3-4-6-14(13)16/h3-6,9-11,16H,7-8H2,1-2H3,(H,19,20,21). The SMILES string of the molecule is Cc1nn(C)cc1-c1ccnc(NC2CCc3ccccc32)n1. The molecule has 4 rings (SSSR count). The van der Waals surface area contributed by atoms with Gasteiger partial charge in [-0.2, -0.15) is 5.10 Å². The molecule has 1 atom stereocenters. The molecule has 1 aliphatic carbocycles. The van der Waals surface area contributed by atoms with Crippen molar-refractivity contribution < 1.29 is 0 Å². The monoisotopic (exact) mass is 305 g/mol. The largest absolute Gasteiger partial charge is 0.347 e. The highest BCUT2D eigenvalue weighted by Gasteiger charge is 2.22. The number of nitrogens with zero attached hydrogens (tertiary/aromatic N) is 4. The van der Waals surface area contributed by atoms with Gasteiger partial charge in [0.25, 0.3) is 0 Å². The molecule has 0 fully saturated rings. The minimum Gasteiger partial charge on any atom is -0.347 e. The van der Waals surface area contributed by atoms with E-state index in [-0.39, 0.29) is 6.04 Å². The summed E-state index contributed by atoms with van der Waals surface area (Å²) < 4.78 is 1.81. The molecule has 2 heterocycles. The van der Waals surface area contributed by atoms with Crippen molar-refractivity contribution >= 4 is 5.95 Å². The van der Waals surface area contributed by atoms with Gasteiger partial charge in [0.1, 0.15) is 0 Å². The maximum Gasteiger partial charge on any atom is 0.223 e. The zero-order valence-corrected chi connectivity index (χ0v) is 13.3. The number of rotatable bonds is 3. The fraction of sp³-hybridized carbons (Fsp3) is 0.278. The van der Waals surface area contributed by atoms with Gasteiger partial charge in [-0.05, 0) is 37.0 Å². The third-order valence-corrected chi connectivity index (χ3v) is 4.38. The summed E-state index contributed by atoms with van der Waals surface area (Å²) in [5.41, 5.74) is 5.70. The normalized spacial score (nSPS) is 16.3. The number of aryl methyl sites for hydroxylation is 3. The fourth-order valence-corrected chi connectivity index (χ4v) is 3.29. The highest BCUT2D eigenvalue weighted by atomic mass is 15.3. The Balaban J connectivity index is 1.62. The molecule has 3 aromatic rings.